The van der Waals surface area contributed by atoms with Crippen LogP contribution in [0.2, 0.25) is 0 Å². The minimum Gasteiger partial charge on any atom is -0.507 e. The minimum atomic E-state index is 0.254. The van der Waals surface area contributed by atoms with E-state index in [0.29, 0.717) is 5.82 Å². The third-order valence-electron chi connectivity index (χ3n) is 1.93. The van der Waals surface area contributed by atoms with Crippen LogP contribution in [0.4, 0.5) is 0 Å². The molecule has 0 saturated carbocycles. The van der Waals surface area contributed by atoms with E-state index in [0.717, 1.165) is 5.56 Å². The molecule has 0 radical (unpaired) electrons. The lowest BCUT2D eigenvalue weighted by atomic mass is 10.2. The Morgan fingerprint density at radius 3 is 2.40 bits per heavy atom. The van der Waals surface area contributed by atoms with Crippen molar-refractivity contribution in [3.63, 3.8) is 0 Å². The summed E-state index contributed by atoms with van der Waals surface area (Å²) in [4.78, 5) is 8.09. The van der Waals surface area contributed by atoms with Gasteiger partial charge in [-0.25, -0.2) is 9.97 Å². The average Bonchev–Trinajstić information content (AvgIpc) is 2.29. The molecule has 15 heavy (non-hydrogen) atoms. The Labute approximate surface area is 87.8 Å². The predicted octanol–water partition coefficient (Wildman–Crippen LogP) is 2.35. The molecular formula is C12H10N2O. The van der Waals surface area contributed by atoms with Gasteiger partial charge in [-0.15, -0.1) is 0 Å². The highest BCUT2D eigenvalue weighted by molar-refractivity contribution is 5.69. The van der Waals surface area contributed by atoms with Crippen molar-refractivity contribution in [3.05, 3.63) is 54.1 Å². The smallest absolute Gasteiger partial charge is 0.151 e. The Kier molecular flexibility index (Phi) is 2.74. The number of phenolic OH excluding ortho intramolecular Hbond substituents is 1. The Balaban J connectivity index is 2.23. The summed E-state index contributed by atoms with van der Waals surface area (Å²) in [7, 11) is 0. The molecule has 0 aliphatic rings. The monoisotopic (exact) mass is 198 g/mol. The number of rotatable bonds is 2. The maximum atomic E-state index is 9.50. The van der Waals surface area contributed by atoms with Crippen molar-refractivity contribution in [1.29, 1.82) is 0 Å². The van der Waals surface area contributed by atoms with E-state index >= 15 is 0 Å². The molecule has 0 aliphatic heterocycles. The fourth-order valence-electron chi connectivity index (χ4n) is 1.19. The molecule has 0 spiro atoms. The minimum absolute atomic E-state index is 0.254. The zero-order valence-electron chi connectivity index (χ0n) is 8.04. The Morgan fingerprint density at radius 2 is 1.67 bits per heavy atom. The highest BCUT2D eigenvalue weighted by atomic mass is 16.3. The molecule has 1 aromatic carbocycles. The molecule has 74 valence electrons. The van der Waals surface area contributed by atoms with Crippen LogP contribution in [0.1, 0.15) is 11.4 Å². The van der Waals surface area contributed by atoms with Gasteiger partial charge in [-0.1, -0.05) is 18.2 Å². The van der Waals surface area contributed by atoms with Crippen LogP contribution in [0, 0.1) is 0 Å². The van der Waals surface area contributed by atoms with E-state index in [-0.39, 0.29) is 5.75 Å². The molecule has 3 heteroatoms. The topological polar surface area (TPSA) is 46.0 Å². The Hall–Kier alpha value is -2.16. The maximum absolute atomic E-state index is 9.50. The molecular weight excluding hydrogens is 188 g/mol. The van der Waals surface area contributed by atoms with Gasteiger partial charge in [-0.05, 0) is 24.3 Å². The zero-order valence-corrected chi connectivity index (χ0v) is 8.04. The first-order valence-corrected chi connectivity index (χ1v) is 4.59. The molecule has 3 nitrogen and oxygen atoms in total. The van der Waals surface area contributed by atoms with Crippen molar-refractivity contribution in [2.24, 2.45) is 0 Å². The number of para-hydroxylation sites is 1. The van der Waals surface area contributed by atoms with Crippen LogP contribution < -0.4 is 0 Å². The third-order valence-corrected chi connectivity index (χ3v) is 1.93. The average molecular weight is 198 g/mol. The number of hydrogen-bond donors (Lipinski definition) is 1. The summed E-state index contributed by atoms with van der Waals surface area (Å²) in [5.74, 6) is 0.880. The summed E-state index contributed by atoms with van der Waals surface area (Å²) in [6, 6.07) is 8.88. The van der Waals surface area contributed by atoms with Crippen molar-refractivity contribution >= 4 is 12.2 Å². The van der Waals surface area contributed by atoms with Gasteiger partial charge in [0, 0.05) is 18.0 Å². The van der Waals surface area contributed by atoms with Gasteiger partial charge in [0.15, 0.2) is 5.82 Å². The van der Waals surface area contributed by atoms with Gasteiger partial charge in [0.25, 0.3) is 0 Å². The molecule has 0 bridgehead atoms. The molecule has 0 unspecified atom stereocenters. The largest absolute Gasteiger partial charge is 0.507 e. The SMILES string of the molecule is Oc1ccccc1C=Cc1ncccn1. The molecule has 1 heterocycles. The molecule has 0 saturated heterocycles. The lowest BCUT2D eigenvalue weighted by Crippen LogP contribution is -1.82. The molecule has 0 amide bonds. The van der Waals surface area contributed by atoms with Gasteiger partial charge < -0.3 is 5.11 Å². The highest BCUT2D eigenvalue weighted by Crippen LogP contribution is 2.17. The van der Waals surface area contributed by atoms with Crippen molar-refractivity contribution in [1.82, 2.24) is 9.97 Å². The number of benzene rings is 1. The summed E-state index contributed by atoms with van der Waals surface area (Å²) in [6.45, 7) is 0. The van der Waals surface area contributed by atoms with Crippen LogP contribution in [0.15, 0.2) is 42.7 Å². The Bertz CT molecular complexity index is 466. The molecule has 2 rings (SSSR count). The first-order chi connectivity index (χ1) is 7.36. The summed E-state index contributed by atoms with van der Waals surface area (Å²) in [5, 5.41) is 9.50. The molecule has 0 atom stereocenters. The van der Waals surface area contributed by atoms with Gasteiger partial charge >= 0.3 is 0 Å². The van der Waals surface area contributed by atoms with Crippen molar-refractivity contribution in [2.45, 2.75) is 0 Å². The fourth-order valence-corrected chi connectivity index (χ4v) is 1.19. The first kappa shape index (κ1) is 9.40. The first-order valence-electron chi connectivity index (χ1n) is 4.59. The van der Waals surface area contributed by atoms with Crippen LogP contribution in [-0.2, 0) is 0 Å². The van der Waals surface area contributed by atoms with Gasteiger partial charge in [-0.3, -0.25) is 0 Å². The van der Waals surface area contributed by atoms with E-state index in [4.69, 9.17) is 0 Å². The third kappa shape index (κ3) is 2.40. The van der Waals surface area contributed by atoms with Crippen LogP contribution in [-0.4, -0.2) is 15.1 Å². The molecule has 0 aliphatic carbocycles. The van der Waals surface area contributed by atoms with Crippen LogP contribution in [0.3, 0.4) is 0 Å². The van der Waals surface area contributed by atoms with Gasteiger partial charge in [0.05, 0.1) is 0 Å². The number of aromatic nitrogens is 2. The van der Waals surface area contributed by atoms with Crippen molar-refractivity contribution < 1.29 is 5.11 Å². The number of phenols is 1. The van der Waals surface area contributed by atoms with Gasteiger partial charge in [-0.2, -0.15) is 0 Å². The van der Waals surface area contributed by atoms with E-state index in [1.165, 1.54) is 0 Å². The van der Waals surface area contributed by atoms with Gasteiger partial charge in [0.1, 0.15) is 5.75 Å². The van der Waals surface area contributed by atoms with E-state index in [2.05, 4.69) is 9.97 Å². The number of nitrogens with zero attached hydrogens (tertiary/aromatic N) is 2. The normalized spacial score (nSPS) is 10.7. The zero-order chi connectivity index (χ0) is 10.5. The van der Waals surface area contributed by atoms with Gasteiger partial charge in [0.2, 0.25) is 0 Å². The number of aromatic hydroxyl groups is 1. The summed E-state index contributed by atoms with van der Waals surface area (Å²) >= 11 is 0. The Morgan fingerprint density at radius 1 is 0.933 bits per heavy atom. The second kappa shape index (κ2) is 4.37. The standard InChI is InChI=1S/C12H10N2O/c15-11-5-2-1-4-10(11)6-7-12-13-8-3-9-14-12/h1-9,15H. The van der Waals surface area contributed by atoms with Crippen molar-refractivity contribution in [2.75, 3.05) is 0 Å². The molecule has 0 fully saturated rings. The van der Waals surface area contributed by atoms with E-state index < -0.39 is 0 Å². The second-order valence-electron chi connectivity index (χ2n) is 3.00. The lowest BCUT2D eigenvalue weighted by molar-refractivity contribution is 0.474. The fraction of sp³-hybridized carbons (Fsp3) is 0. The number of hydrogen-bond acceptors (Lipinski definition) is 3. The van der Waals surface area contributed by atoms with Crippen LogP contribution in [0.5, 0.6) is 5.75 Å². The summed E-state index contributed by atoms with van der Waals surface area (Å²) in [5.41, 5.74) is 0.755. The maximum Gasteiger partial charge on any atom is 0.151 e. The van der Waals surface area contributed by atoms with E-state index in [1.807, 2.05) is 12.1 Å². The highest BCUT2D eigenvalue weighted by Gasteiger charge is 1.94. The predicted molar refractivity (Wildman–Crippen MR) is 59.1 cm³/mol. The van der Waals surface area contributed by atoms with Crippen molar-refractivity contribution in [3.8, 4) is 5.75 Å². The quantitative estimate of drug-likeness (QED) is 0.805. The molecule has 2 aromatic rings. The van der Waals surface area contributed by atoms with Crippen LogP contribution in [0.25, 0.3) is 12.2 Å². The van der Waals surface area contributed by atoms with Crippen LogP contribution >= 0.6 is 0 Å². The lowest BCUT2D eigenvalue weighted by Gasteiger charge is -1.96. The summed E-state index contributed by atoms with van der Waals surface area (Å²) < 4.78 is 0. The summed E-state index contributed by atoms with van der Waals surface area (Å²) in [6.07, 6.45) is 6.90. The molecule has 1 N–H and O–H groups in total. The molecule has 1 aromatic heterocycles. The van der Waals surface area contributed by atoms with E-state index in [9.17, 15) is 5.11 Å². The second-order valence-corrected chi connectivity index (χ2v) is 3.00. The van der Waals surface area contributed by atoms with E-state index in [1.54, 1.807) is 42.7 Å².